The molecule has 1 aromatic carbocycles. The van der Waals surface area contributed by atoms with Gasteiger partial charge < -0.3 is 10.1 Å². The van der Waals surface area contributed by atoms with Gasteiger partial charge in [0.1, 0.15) is 11.6 Å². The van der Waals surface area contributed by atoms with E-state index in [1.165, 1.54) is 0 Å². The predicted octanol–water partition coefficient (Wildman–Crippen LogP) is 2.43. The van der Waals surface area contributed by atoms with Crippen molar-refractivity contribution in [3.63, 3.8) is 0 Å². The van der Waals surface area contributed by atoms with Gasteiger partial charge in [-0.15, -0.1) is 0 Å². The minimum Gasteiger partial charge on any atom is -0.433 e. The van der Waals surface area contributed by atoms with E-state index in [2.05, 4.69) is 15.0 Å². The Bertz CT molecular complexity index is 625. The largest absolute Gasteiger partial charge is 0.433 e. The monoisotopic (exact) mass is 279 g/mol. The minimum atomic E-state index is -2.84. The number of halogens is 2. The smallest absolute Gasteiger partial charge is 0.387 e. The van der Waals surface area contributed by atoms with E-state index in [4.69, 9.17) is 0 Å². The van der Waals surface area contributed by atoms with Gasteiger partial charge in [0.25, 0.3) is 0 Å². The molecule has 0 amide bonds. The number of hydrogen-bond donors (Lipinski definition) is 1. The van der Waals surface area contributed by atoms with Gasteiger partial charge in [-0.3, -0.25) is 4.57 Å². The van der Waals surface area contributed by atoms with Crippen LogP contribution in [0.3, 0.4) is 0 Å². The van der Waals surface area contributed by atoms with Crippen LogP contribution in [0.1, 0.15) is 17.2 Å². The summed E-state index contributed by atoms with van der Waals surface area (Å²) in [5, 5.41) is 3.25. The van der Waals surface area contributed by atoms with Crippen molar-refractivity contribution >= 4 is 0 Å². The number of fused-ring (bicyclic) bond motifs is 1. The molecule has 2 aromatic rings. The zero-order valence-electron chi connectivity index (χ0n) is 11.1. The van der Waals surface area contributed by atoms with E-state index in [1.807, 2.05) is 11.5 Å². The van der Waals surface area contributed by atoms with Crippen molar-refractivity contribution < 1.29 is 13.5 Å². The molecule has 0 atom stereocenters. The van der Waals surface area contributed by atoms with Crippen molar-refractivity contribution in [3.8, 4) is 11.4 Å². The fraction of sp³-hybridized carbons (Fsp3) is 0.357. The number of ether oxygens (including phenoxy) is 1. The Balaban J connectivity index is 2.11. The van der Waals surface area contributed by atoms with Crippen LogP contribution in [0.5, 0.6) is 5.75 Å². The van der Waals surface area contributed by atoms with Crippen molar-refractivity contribution in [2.24, 2.45) is 0 Å². The van der Waals surface area contributed by atoms with Gasteiger partial charge in [-0.2, -0.15) is 8.78 Å². The third kappa shape index (κ3) is 2.27. The second-order valence-electron chi connectivity index (χ2n) is 4.66. The van der Waals surface area contributed by atoms with Crippen molar-refractivity contribution in [2.45, 2.75) is 26.5 Å². The Labute approximate surface area is 115 Å². The molecule has 1 aromatic heterocycles. The third-order valence-corrected chi connectivity index (χ3v) is 3.38. The number of nitrogens with one attached hydrogen (secondary N) is 1. The lowest BCUT2D eigenvalue weighted by atomic mass is 10.1. The van der Waals surface area contributed by atoms with E-state index in [-0.39, 0.29) is 5.75 Å². The first-order chi connectivity index (χ1) is 9.66. The summed E-state index contributed by atoms with van der Waals surface area (Å²) >= 11 is 0. The molecule has 106 valence electrons. The van der Waals surface area contributed by atoms with Gasteiger partial charge in [0.15, 0.2) is 0 Å². The normalized spacial score (nSPS) is 14.4. The first kappa shape index (κ1) is 13.1. The summed E-state index contributed by atoms with van der Waals surface area (Å²) in [5.41, 5.74) is 2.65. The van der Waals surface area contributed by atoms with Gasteiger partial charge in [0, 0.05) is 25.2 Å². The maximum Gasteiger partial charge on any atom is 0.387 e. The summed E-state index contributed by atoms with van der Waals surface area (Å²) in [6.45, 7) is 0.603. The molecule has 1 N–H and O–H groups in total. The Morgan fingerprint density at radius 2 is 2.15 bits per heavy atom. The number of benzene rings is 1. The Kier molecular flexibility index (Phi) is 3.40. The van der Waals surface area contributed by atoms with Gasteiger partial charge in [-0.1, -0.05) is 12.1 Å². The molecule has 3 rings (SSSR count). The number of imidazole rings is 1. The number of aryl methyl sites for hydroxylation is 1. The van der Waals surface area contributed by atoms with Crippen LogP contribution in [0.2, 0.25) is 0 Å². The molecule has 0 aliphatic carbocycles. The third-order valence-electron chi connectivity index (χ3n) is 3.38. The van der Waals surface area contributed by atoms with E-state index < -0.39 is 6.61 Å². The van der Waals surface area contributed by atoms with E-state index in [1.54, 1.807) is 24.3 Å². The van der Waals surface area contributed by atoms with Crippen LogP contribution in [0.15, 0.2) is 24.3 Å². The van der Waals surface area contributed by atoms with Gasteiger partial charge in [0.2, 0.25) is 0 Å². The molecule has 4 nitrogen and oxygen atoms in total. The summed E-state index contributed by atoms with van der Waals surface area (Å²) in [4.78, 5) is 4.51. The van der Waals surface area contributed by atoms with Crippen LogP contribution < -0.4 is 10.1 Å². The summed E-state index contributed by atoms with van der Waals surface area (Å²) in [6, 6.07) is 6.81. The molecule has 6 heteroatoms. The SMILES string of the molecule is Cc1nc2c(n1-c1ccccc1OC(F)F)CCNC2. The number of alkyl halides is 2. The second-order valence-corrected chi connectivity index (χ2v) is 4.66. The fourth-order valence-corrected chi connectivity index (χ4v) is 2.60. The number of para-hydroxylation sites is 2. The highest BCUT2D eigenvalue weighted by molar-refractivity contribution is 5.49. The lowest BCUT2D eigenvalue weighted by molar-refractivity contribution is -0.0498. The first-order valence-corrected chi connectivity index (χ1v) is 6.49. The molecular weight excluding hydrogens is 264 g/mol. The van der Waals surface area contributed by atoms with Gasteiger partial charge in [-0.05, 0) is 19.1 Å². The molecule has 0 spiro atoms. The van der Waals surface area contributed by atoms with Crippen LogP contribution in [-0.2, 0) is 13.0 Å². The molecule has 2 heterocycles. The predicted molar refractivity (Wildman–Crippen MR) is 70.3 cm³/mol. The molecule has 1 aliphatic rings. The van der Waals surface area contributed by atoms with E-state index >= 15 is 0 Å². The van der Waals surface area contributed by atoms with E-state index in [0.29, 0.717) is 12.2 Å². The molecule has 0 bridgehead atoms. The number of rotatable bonds is 3. The van der Waals surface area contributed by atoms with Crippen molar-refractivity contribution in [1.82, 2.24) is 14.9 Å². The zero-order chi connectivity index (χ0) is 14.1. The highest BCUT2D eigenvalue weighted by Crippen LogP contribution is 2.29. The van der Waals surface area contributed by atoms with Crippen LogP contribution in [0.4, 0.5) is 8.78 Å². The van der Waals surface area contributed by atoms with Crippen LogP contribution >= 0.6 is 0 Å². The van der Waals surface area contributed by atoms with Crippen molar-refractivity contribution in [2.75, 3.05) is 6.54 Å². The number of aromatic nitrogens is 2. The van der Waals surface area contributed by atoms with Crippen LogP contribution in [0.25, 0.3) is 5.69 Å². The molecule has 0 saturated heterocycles. The average Bonchev–Trinajstić information content (AvgIpc) is 2.75. The van der Waals surface area contributed by atoms with E-state index in [9.17, 15) is 8.78 Å². The second kappa shape index (κ2) is 5.20. The number of nitrogens with zero attached hydrogens (tertiary/aromatic N) is 2. The summed E-state index contributed by atoms with van der Waals surface area (Å²) in [7, 11) is 0. The number of hydrogen-bond acceptors (Lipinski definition) is 3. The minimum absolute atomic E-state index is 0.171. The van der Waals surface area contributed by atoms with Crippen molar-refractivity contribution in [1.29, 1.82) is 0 Å². The highest BCUT2D eigenvalue weighted by atomic mass is 19.3. The van der Waals surface area contributed by atoms with Gasteiger partial charge in [0.05, 0.1) is 11.4 Å². The molecule has 0 radical (unpaired) electrons. The Hall–Kier alpha value is -1.95. The highest BCUT2D eigenvalue weighted by Gasteiger charge is 2.21. The lowest BCUT2D eigenvalue weighted by Gasteiger charge is -2.18. The Morgan fingerprint density at radius 1 is 1.35 bits per heavy atom. The van der Waals surface area contributed by atoms with E-state index in [0.717, 1.165) is 30.2 Å². The zero-order valence-corrected chi connectivity index (χ0v) is 11.1. The average molecular weight is 279 g/mol. The summed E-state index contributed by atoms with van der Waals surface area (Å²) in [5.74, 6) is 0.952. The molecule has 0 saturated carbocycles. The maximum atomic E-state index is 12.5. The molecule has 1 aliphatic heterocycles. The maximum absolute atomic E-state index is 12.5. The topological polar surface area (TPSA) is 39.1 Å². The quantitative estimate of drug-likeness (QED) is 0.938. The van der Waals surface area contributed by atoms with Crippen molar-refractivity contribution in [3.05, 3.63) is 41.5 Å². The van der Waals surface area contributed by atoms with Gasteiger partial charge >= 0.3 is 6.61 Å². The standard InChI is InChI=1S/C14H15F2N3O/c1-9-18-10-8-17-7-6-11(10)19(9)12-4-2-3-5-13(12)20-14(15)16/h2-5,14,17H,6-8H2,1H3. The van der Waals surface area contributed by atoms with Crippen LogP contribution in [0, 0.1) is 6.92 Å². The molecule has 20 heavy (non-hydrogen) atoms. The summed E-state index contributed by atoms with van der Waals surface area (Å²) in [6.07, 6.45) is 0.819. The lowest BCUT2D eigenvalue weighted by Crippen LogP contribution is -2.24. The first-order valence-electron chi connectivity index (χ1n) is 6.49. The Morgan fingerprint density at radius 3 is 2.95 bits per heavy atom. The molecular formula is C14H15F2N3O. The van der Waals surface area contributed by atoms with Gasteiger partial charge in [-0.25, -0.2) is 4.98 Å². The molecule has 0 unspecified atom stereocenters. The summed E-state index contributed by atoms with van der Waals surface area (Å²) < 4.78 is 31.6. The molecule has 0 fully saturated rings. The fourth-order valence-electron chi connectivity index (χ4n) is 2.60. The van der Waals surface area contributed by atoms with Crippen LogP contribution in [-0.4, -0.2) is 22.7 Å².